The molecule has 0 bridgehead atoms. The molecule has 4 aliphatic carbocycles. The minimum Gasteiger partial charge on any atom is -0.508 e. The van der Waals surface area contributed by atoms with Crippen molar-refractivity contribution in [1.29, 1.82) is 0 Å². The normalized spacial score (nSPS) is 13.8. The second-order valence-electron chi connectivity index (χ2n) is 40.0. The molecule has 762 valence electrons. The number of aromatic hydroxyl groups is 2. The van der Waals surface area contributed by atoms with Crippen LogP contribution in [-0.4, -0.2) is 59.7 Å². The smallest absolute Gasteiger partial charge is 0.492 e. The Labute approximate surface area is 909 Å². The Morgan fingerprint density at radius 1 is 0.289 bits per heavy atom. The topological polar surface area (TPSA) is 143 Å². The van der Waals surface area contributed by atoms with E-state index in [9.17, 15) is 14.7 Å². The standard InChI is InChI=1S/C30H37NO3.C24H32BrNO2.4C18H15P.C6H7BO3.Pd/c1-30(2,3)34-29(33)21-17-18-23-25(19-21)31(22-13-7-8-14-22)28(24-15-9-10-16-26(24)32)27(23)20-11-5-4-6-12-20;1-24(2,3)28-23(27)17-13-14-19-20(15-17)26(18-11-7-8-12-18)22(25)21(19)16-9-5-4-6-10-16;4*1-4-10-16(11-5-1)19(17-12-6-2-7-13-17)18-14-8-3-9-15-18;8-6-4-2-1-3-5(6)7(9)10;/h9-10,15-20,22,32H,4-8,11-14H2,1-3H3;13-16,18H,4-12H2,1-3H3;4*1-15H;1-4,8-10H;. The Hall–Kier alpha value is -12.0. The van der Waals surface area contributed by atoms with Crippen molar-refractivity contribution in [2.75, 3.05) is 0 Å². The van der Waals surface area contributed by atoms with E-state index in [0.29, 0.717) is 40.8 Å². The Bertz CT molecular complexity index is 6270. The fourth-order valence-electron chi connectivity index (χ4n) is 20.6. The molecule has 16 aromatic carbocycles. The molecule has 10 nitrogen and oxygen atoms in total. The van der Waals surface area contributed by atoms with Crippen molar-refractivity contribution in [1.82, 2.24) is 9.13 Å². The van der Waals surface area contributed by atoms with Gasteiger partial charge in [0.2, 0.25) is 0 Å². The van der Waals surface area contributed by atoms with E-state index in [4.69, 9.17) is 24.6 Å². The van der Waals surface area contributed by atoms with E-state index in [1.54, 1.807) is 18.2 Å². The van der Waals surface area contributed by atoms with Crippen molar-refractivity contribution in [3.63, 3.8) is 0 Å². The van der Waals surface area contributed by atoms with Crippen molar-refractivity contribution >= 4 is 158 Å². The molecule has 0 saturated heterocycles. The predicted octanol–water partition coefficient (Wildman–Crippen LogP) is 28.5. The largest absolute Gasteiger partial charge is 0.508 e. The second-order valence-corrected chi connectivity index (χ2v) is 49.7. The third kappa shape index (κ3) is 30.3. The number of esters is 2. The summed E-state index contributed by atoms with van der Waals surface area (Å²) in [6.07, 6.45) is 22.4. The summed E-state index contributed by atoms with van der Waals surface area (Å²) in [4.78, 5) is 25.7. The van der Waals surface area contributed by atoms with Crippen molar-refractivity contribution < 1.29 is 59.7 Å². The van der Waals surface area contributed by atoms with Gasteiger partial charge >= 0.3 is 19.1 Å². The van der Waals surface area contributed by atoms with Crippen molar-refractivity contribution in [3.05, 3.63) is 476 Å². The Kier molecular flexibility index (Phi) is 41.5. The number of rotatable bonds is 20. The van der Waals surface area contributed by atoms with Gasteiger partial charge in [0.05, 0.1) is 26.9 Å². The average Bonchev–Trinajstić information content (AvgIpc) is 1.58. The van der Waals surface area contributed by atoms with Crippen molar-refractivity contribution in [2.24, 2.45) is 0 Å². The molecule has 17 heteroatoms. The van der Waals surface area contributed by atoms with Crippen LogP contribution in [0.4, 0.5) is 0 Å². The van der Waals surface area contributed by atoms with E-state index in [1.807, 2.05) is 71.9 Å². The summed E-state index contributed by atoms with van der Waals surface area (Å²) in [7, 11) is -3.38. The maximum absolute atomic E-state index is 13.0. The molecular weight excluding hydrogens is 2060 g/mol. The molecule has 2 heterocycles. The fraction of sp³-hybridized carbons (Fsp3) is 0.227. The molecule has 0 radical (unpaired) electrons. The summed E-state index contributed by atoms with van der Waals surface area (Å²) in [5.74, 6) is 0.814. The molecule has 149 heavy (non-hydrogen) atoms. The number of nitrogens with zero attached hydrogens (tertiary/aromatic N) is 2. The number of benzene rings is 16. The number of halogens is 1. The Morgan fingerprint density at radius 3 is 0.772 bits per heavy atom. The number of ether oxygens (including phenoxy) is 2. The van der Waals surface area contributed by atoms with Crippen LogP contribution in [0.1, 0.15) is 213 Å². The van der Waals surface area contributed by atoms with Gasteiger partial charge in [-0.15, -0.1) is 0 Å². The molecule has 4 aliphatic rings. The van der Waals surface area contributed by atoms with Gasteiger partial charge in [-0.2, -0.15) is 0 Å². The number of phenols is 2. The van der Waals surface area contributed by atoms with E-state index < -0.39 is 50.0 Å². The minimum atomic E-state index is -1.60. The maximum atomic E-state index is 13.0. The molecule has 0 amide bonds. The molecule has 18 aromatic rings. The van der Waals surface area contributed by atoms with Crippen LogP contribution in [0, 0.1) is 0 Å². The number of hydrogen-bond donors (Lipinski definition) is 4. The van der Waals surface area contributed by atoms with E-state index in [1.165, 1.54) is 211 Å². The van der Waals surface area contributed by atoms with Crippen LogP contribution in [0.5, 0.6) is 11.5 Å². The second kappa shape index (κ2) is 55.7. The van der Waals surface area contributed by atoms with Crippen molar-refractivity contribution in [2.45, 2.75) is 192 Å². The van der Waals surface area contributed by atoms with Crippen LogP contribution in [0.25, 0.3) is 33.1 Å². The molecule has 4 N–H and O–H groups in total. The van der Waals surface area contributed by atoms with Gasteiger partial charge in [-0.1, -0.05) is 471 Å². The van der Waals surface area contributed by atoms with E-state index in [-0.39, 0.29) is 43.6 Å². The van der Waals surface area contributed by atoms with E-state index in [2.05, 4.69) is 413 Å². The predicted molar refractivity (Wildman–Crippen MR) is 634 cm³/mol. The van der Waals surface area contributed by atoms with Gasteiger partial charge in [0.25, 0.3) is 0 Å². The first kappa shape index (κ1) is 111. The quantitative estimate of drug-likeness (QED) is 0.0336. The zero-order valence-corrected chi connectivity index (χ0v) is 92.9. The van der Waals surface area contributed by atoms with Crippen molar-refractivity contribution in [3.8, 4) is 22.8 Å². The molecule has 22 rings (SSSR count). The molecule has 4 saturated carbocycles. The summed E-state index contributed by atoms with van der Waals surface area (Å²) in [6, 6.07) is 156. The number of phenolic OH excluding ortho intramolecular Hbond substituents is 2. The first-order valence-electron chi connectivity index (χ1n) is 52.4. The SMILES string of the molecule is CC(C)(C)OC(=O)c1ccc2c(C3CCCCC3)c(-c3ccccc3O)n(C3CCCC3)c2c1.CC(C)(C)OC(=O)c1ccc2c(C3CCCCC3)c(Br)n(C3CCCC3)c2c1.OB(O)c1ccccc1O.[Pd].c1ccc(P(c2ccccc2)c2ccccc2)cc1.c1ccc(P(c2ccccc2)c2ccccc2)cc1.c1ccc(P(c2ccccc2)c2ccccc2)cc1.c1ccc(P(c2ccccc2)c2ccccc2)cc1. The van der Waals surface area contributed by atoms with Gasteiger partial charge in [0, 0.05) is 59.8 Å². The molecule has 0 aliphatic heterocycles. The van der Waals surface area contributed by atoms with Gasteiger partial charge in [0.15, 0.2) is 0 Å². The van der Waals surface area contributed by atoms with Gasteiger partial charge < -0.3 is 38.9 Å². The monoisotopic (exact) mass is 2200 g/mol. The number of para-hydroxylation sites is 2. The van der Waals surface area contributed by atoms with Gasteiger partial charge in [-0.25, -0.2) is 9.59 Å². The molecule has 4 fully saturated rings. The first-order valence-corrected chi connectivity index (χ1v) is 58.6. The first-order chi connectivity index (χ1) is 72.2. The zero-order chi connectivity index (χ0) is 103. The minimum absolute atomic E-state index is 0. The van der Waals surface area contributed by atoms with E-state index in [0.717, 1.165) is 29.6 Å². The van der Waals surface area contributed by atoms with Crippen LogP contribution in [0.2, 0.25) is 0 Å². The summed E-state index contributed by atoms with van der Waals surface area (Å²) in [5.41, 5.74) is 7.56. The third-order valence-corrected chi connectivity index (χ3v) is 37.8. The molecule has 0 atom stereocenters. The number of carbonyl (C=O) groups excluding carboxylic acids is 2. The zero-order valence-electron chi connectivity index (χ0n) is 86.1. The maximum Gasteiger partial charge on any atom is 0.492 e. The number of fused-ring (bicyclic) bond motifs is 2. The summed E-state index contributed by atoms with van der Waals surface area (Å²) in [5, 5.41) is 56.4. The fourth-order valence-corrected chi connectivity index (χ4v) is 30.8. The number of hydrogen-bond acceptors (Lipinski definition) is 8. The summed E-state index contributed by atoms with van der Waals surface area (Å²) < 4.78 is 17.5. The van der Waals surface area contributed by atoms with Gasteiger partial charge in [0.1, 0.15) is 22.7 Å². The van der Waals surface area contributed by atoms with Crippen LogP contribution >= 0.6 is 47.6 Å². The Balaban J connectivity index is 0.000000133. The number of aromatic nitrogens is 2. The van der Waals surface area contributed by atoms with Crippen LogP contribution in [0.3, 0.4) is 0 Å². The van der Waals surface area contributed by atoms with Crippen LogP contribution in [-0.2, 0) is 29.9 Å². The van der Waals surface area contributed by atoms with Crippen LogP contribution < -0.4 is 69.1 Å². The van der Waals surface area contributed by atoms with E-state index >= 15 is 0 Å². The third-order valence-electron chi connectivity index (χ3n) is 27.2. The molecule has 2 aromatic heterocycles. The molecule has 0 spiro atoms. The number of carbonyl (C=O) groups is 2. The van der Waals surface area contributed by atoms with Gasteiger partial charge in [-0.3, -0.25) is 0 Å². The molecule has 0 unspecified atom stereocenters. The molecular formula is C132H136BBrN2O8P4Pd. The summed E-state index contributed by atoms with van der Waals surface area (Å²) >= 11 is 4.00. The average molecular weight is 2200 g/mol. The summed E-state index contributed by atoms with van der Waals surface area (Å²) in [6.45, 7) is 11.5. The van der Waals surface area contributed by atoms with Crippen LogP contribution in [0.15, 0.2) is 454 Å². The van der Waals surface area contributed by atoms with Gasteiger partial charge in [-0.05, 0) is 270 Å². The Morgan fingerprint density at radius 2 is 0.517 bits per heavy atom.